The Morgan fingerprint density at radius 3 is 2.38 bits per heavy atom. The van der Waals surface area contributed by atoms with Gasteiger partial charge in [-0.1, -0.05) is 32.1 Å². The number of amides is 3. The van der Waals surface area contributed by atoms with Gasteiger partial charge in [-0.2, -0.15) is 0 Å². The van der Waals surface area contributed by atoms with E-state index in [0.29, 0.717) is 51.5 Å². The van der Waals surface area contributed by atoms with E-state index in [2.05, 4.69) is 18.2 Å². The van der Waals surface area contributed by atoms with Crippen LogP contribution in [0.2, 0.25) is 0 Å². The molecule has 2 saturated heterocycles. The average Bonchev–Trinajstić information content (AvgIpc) is 2.91. The van der Waals surface area contributed by atoms with Gasteiger partial charge in [0.05, 0.1) is 12.5 Å². The summed E-state index contributed by atoms with van der Waals surface area (Å²) in [6.07, 6.45) is 13.6. The lowest BCUT2D eigenvalue weighted by atomic mass is 9.91. The number of carbonyl (C=O) groups is 4. The second-order valence-corrected chi connectivity index (χ2v) is 11.8. The highest BCUT2D eigenvalue weighted by Crippen LogP contribution is 2.25. The molecule has 2 rings (SSSR count). The van der Waals surface area contributed by atoms with Crippen LogP contribution in [-0.2, 0) is 23.9 Å². The van der Waals surface area contributed by atoms with Crippen molar-refractivity contribution >= 4 is 23.9 Å². The maximum absolute atomic E-state index is 12.9. The summed E-state index contributed by atoms with van der Waals surface area (Å²) in [5.74, 6) is 1.09. The zero-order valence-electron chi connectivity index (χ0n) is 24.5. The Hall–Kier alpha value is -2.76. The SMILES string of the molecule is C#C[C@@H](CNC(=O)[C@@H]1CCCN(C(=O)CCC2CCN(C(=O)OC(C)(C)C)CC2)C1)C(=O)OCCCCCC. The molecule has 9 nitrogen and oxygen atoms in total. The first kappa shape index (κ1) is 32.5. The molecule has 220 valence electrons. The molecule has 3 amide bonds. The van der Waals surface area contributed by atoms with Crippen LogP contribution in [-0.4, -0.2) is 78.6 Å². The average molecular weight is 548 g/mol. The second kappa shape index (κ2) is 16.4. The third kappa shape index (κ3) is 11.9. The summed E-state index contributed by atoms with van der Waals surface area (Å²) in [4.78, 5) is 53.8. The van der Waals surface area contributed by atoms with Crippen molar-refractivity contribution in [2.24, 2.45) is 17.8 Å². The van der Waals surface area contributed by atoms with Crippen molar-refractivity contribution in [3.05, 3.63) is 0 Å². The predicted octanol–water partition coefficient (Wildman–Crippen LogP) is 4.14. The number of rotatable bonds is 12. The summed E-state index contributed by atoms with van der Waals surface area (Å²) in [5.41, 5.74) is -0.508. The fraction of sp³-hybridized carbons (Fsp3) is 0.800. The molecule has 0 aromatic carbocycles. The van der Waals surface area contributed by atoms with Crippen molar-refractivity contribution in [2.45, 2.75) is 97.5 Å². The Bertz CT molecular complexity index is 854. The molecule has 0 unspecified atom stereocenters. The maximum Gasteiger partial charge on any atom is 0.410 e. The number of terminal acetylenes is 1. The van der Waals surface area contributed by atoms with E-state index in [9.17, 15) is 19.2 Å². The first-order valence-electron chi connectivity index (χ1n) is 14.7. The Balaban J connectivity index is 1.70. The summed E-state index contributed by atoms with van der Waals surface area (Å²) >= 11 is 0. The largest absolute Gasteiger partial charge is 0.465 e. The molecule has 39 heavy (non-hydrogen) atoms. The van der Waals surface area contributed by atoms with E-state index in [1.54, 1.807) is 9.80 Å². The smallest absolute Gasteiger partial charge is 0.410 e. The fourth-order valence-electron chi connectivity index (χ4n) is 4.99. The standard InChI is InChI=1S/C30H49N3O6/c1-6-8-9-10-20-38-28(36)24(7-2)21-31-27(35)25-12-11-17-33(22-25)26(34)14-13-23-15-18-32(19-16-23)29(37)39-30(3,4)5/h2,23-25H,6,8-22H2,1,3-5H3,(H,31,35)/t24-,25+/m0/s1. The molecule has 0 spiro atoms. The third-order valence-corrected chi connectivity index (χ3v) is 7.39. The number of nitrogens with zero attached hydrogens (tertiary/aromatic N) is 2. The molecule has 0 saturated carbocycles. The molecule has 2 fully saturated rings. The number of hydrogen-bond donors (Lipinski definition) is 1. The maximum atomic E-state index is 12.9. The highest BCUT2D eigenvalue weighted by molar-refractivity contribution is 5.82. The van der Waals surface area contributed by atoms with Gasteiger partial charge in [0.25, 0.3) is 0 Å². The molecule has 0 aliphatic carbocycles. The quantitative estimate of drug-likeness (QED) is 0.224. The number of piperidine rings is 2. The van der Waals surface area contributed by atoms with E-state index in [0.717, 1.165) is 51.4 Å². The summed E-state index contributed by atoms with van der Waals surface area (Å²) < 4.78 is 10.7. The number of likely N-dealkylation sites (tertiary alicyclic amines) is 2. The molecule has 2 aliphatic heterocycles. The first-order chi connectivity index (χ1) is 18.5. The highest BCUT2D eigenvalue weighted by Gasteiger charge is 2.31. The van der Waals surface area contributed by atoms with Crippen LogP contribution in [0.1, 0.15) is 91.9 Å². The topological polar surface area (TPSA) is 105 Å². The Labute approximate surface area is 234 Å². The summed E-state index contributed by atoms with van der Waals surface area (Å²) in [6.45, 7) is 10.4. The minimum atomic E-state index is -0.816. The van der Waals surface area contributed by atoms with Gasteiger partial charge in [-0.15, -0.1) is 6.42 Å². The van der Waals surface area contributed by atoms with Crippen LogP contribution in [0, 0.1) is 30.1 Å². The van der Waals surface area contributed by atoms with Gasteiger partial charge in [-0.05, 0) is 65.2 Å². The fourth-order valence-corrected chi connectivity index (χ4v) is 4.99. The van der Waals surface area contributed by atoms with E-state index in [1.807, 2.05) is 20.8 Å². The van der Waals surface area contributed by atoms with E-state index in [4.69, 9.17) is 15.9 Å². The minimum Gasteiger partial charge on any atom is -0.465 e. The Morgan fingerprint density at radius 2 is 1.74 bits per heavy atom. The second-order valence-electron chi connectivity index (χ2n) is 11.8. The molecular weight excluding hydrogens is 498 g/mol. The lowest BCUT2D eigenvalue weighted by Gasteiger charge is -2.34. The molecule has 2 aliphatic rings. The zero-order chi connectivity index (χ0) is 28.8. The van der Waals surface area contributed by atoms with Crippen LogP contribution in [0.4, 0.5) is 4.79 Å². The van der Waals surface area contributed by atoms with E-state index < -0.39 is 17.5 Å². The van der Waals surface area contributed by atoms with Crippen molar-refractivity contribution in [3.63, 3.8) is 0 Å². The lowest BCUT2D eigenvalue weighted by Crippen LogP contribution is -2.46. The third-order valence-electron chi connectivity index (χ3n) is 7.39. The van der Waals surface area contributed by atoms with Crippen LogP contribution in [0.5, 0.6) is 0 Å². The van der Waals surface area contributed by atoms with Crippen molar-refractivity contribution in [2.75, 3.05) is 39.3 Å². The van der Waals surface area contributed by atoms with Crippen LogP contribution >= 0.6 is 0 Å². The number of ether oxygens (including phenoxy) is 2. The minimum absolute atomic E-state index is 0.0373. The van der Waals surface area contributed by atoms with Crippen LogP contribution in [0.15, 0.2) is 0 Å². The predicted molar refractivity (Wildman–Crippen MR) is 150 cm³/mol. The molecule has 0 aromatic rings. The van der Waals surface area contributed by atoms with Gasteiger partial charge in [0.1, 0.15) is 11.5 Å². The number of unbranched alkanes of at least 4 members (excludes halogenated alkanes) is 3. The van der Waals surface area contributed by atoms with Crippen LogP contribution in [0.3, 0.4) is 0 Å². The zero-order valence-corrected chi connectivity index (χ0v) is 24.5. The van der Waals surface area contributed by atoms with Crippen LogP contribution < -0.4 is 5.32 Å². The molecule has 1 N–H and O–H groups in total. The van der Waals surface area contributed by atoms with Gasteiger partial charge in [-0.3, -0.25) is 14.4 Å². The molecule has 9 heteroatoms. The van der Waals surface area contributed by atoms with Gasteiger partial charge in [0, 0.05) is 39.1 Å². The lowest BCUT2D eigenvalue weighted by molar-refractivity contribution is -0.146. The summed E-state index contributed by atoms with van der Waals surface area (Å²) in [6, 6.07) is 0. The summed E-state index contributed by atoms with van der Waals surface area (Å²) in [5, 5.41) is 2.80. The van der Waals surface area contributed by atoms with Crippen molar-refractivity contribution in [3.8, 4) is 12.3 Å². The van der Waals surface area contributed by atoms with Gasteiger partial charge >= 0.3 is 12.1 Å². The van der Waals surface area contributed by atoms with E-state index in [1.165, 1.54) is 0 Å². The molecule has 0 radical (unpaired) electrons. The first-order valence-corrected chi connectivity index (χ1v) is 14.7. The molecule has 0 aromatic heterocycles. The Morgan fingerprint density at radius 1 is 1.03 bits per heavy atom. The van der Waals surface area contributed by atoms with Gasteiger partial charge in [-0.25, -0.2) is 4.79 Å². The van der Waals surface area contributed by atoms with Crippen molar-refractivity contribution in [1.82, 2.24) is 15.1 Å². The normalized spacial score (nSPS) is 19.1. The van der Waals surface area contributed by atoms with Gasteiger partial charge < -0.3 is 24.6 Å². The number of hydrogen-bond acceptors (Lipinski definition) is 6. The number of esters is 1. The number of nitrogens with one attached hydrogen (secondary N) is 1. The Kier molecular flexibility index (Phi) is 13.6. The monoisotopic (exact) mass is 547 g/mol. The van der Waals surface area contributed by atoms with Crippen molar-refractivity contribution in [1.29, 1.82) is 0 Å². The summed E-state index contributed by atoms with van der Waals surface area (Å²) in [7, 11) is 0. The molecule has 0 bridgehead atoms. The highest BCUT2D eigenvalue weighted by atomic mass is 16.6. The van der Waals surface area contributed by atoms with Crippen molar-refractivity contribution < 1.29 is 28.7 Å². The molecule has 2 atom stereocenters. The molecular formula is C30H49N3O6. The molecule has 2 heterocycles. The number of carbonyl (C=O) groups excluding carboxylic acids is 4. The van der Waals surface area contributed by atoms with E-state index in [-0.39, 0.29) is 30.4 Å². The van der Waals surface area contributed by atoms with Gasteiger partial charge in [0.2, 0.25) is 11.8 Å². The van der Waals surface area contributed by atoms with E-state index >= 15 is 0 Å². The van der Waals surface area contributed by atoms with Crippen LogP contribution in [0.25, 0.3) is 0 Å². The van der Waals surface area contributed by atoms with Gasteiger partial charge in [0.15, 0.2) is 0 Å².